The van der Waals surface area contributed by atoms with E-state index in [-0.39, 0.29) is 0 Å². The Labute approximate surface area is 123 Å². The highest BCUT2D eigenvalue weighted by molar-refractivity contribution is 7.98. The number of rotatable bonds is 10. The van der Waals surface area contributed by atoms with E-state index in [4.69, 9.17) is 16.0 Å². The van der Waals surface area contributed by atoms with Crippen LogP contribution in [0.25, 0.3) is 0 Å². The fourth-order valence-corrected chi connectivity index (χ4v) is 2.31. The van der Waals surface area contributed by atoms with E-state index < -0.39 is 44.8 Å². The predicted molar refractivity (Wildman–Crippen MR) is 76.7 cm³/mol. The smallest absolute Gasteiger partial charge is 0.340 e. The zero-order valence-electron chi connectivity index (χ0n) is 11.4. The standard InChI is InChI=1S/C10H20N3O5PS/c1-6(11)10(9(15)16,18-19-17)5-13-8(14)7(12)3-4-20-2/h6-7H,3-5,11-12H2,1-2H3,(H,13,14)(H,15,16)/t6?,7-,10?/m0/s1. The van der Waals surface area contributed by atoms with Gasteiger partial charge in [-0.15, -0.1) is 0 Å². The second-order valence-electron chi connectivity index (χ2n) is 4.25. The van der Waals surface area contributed by atoms with Crippen LogP contribution in [-0.4, -0.2) is 53.2 Å². The Morgan fingerprint density at radius 3 is 2.50 bits per heavy atom. The Morgan fingerprint density at radius 2 is 2.10 bits per heavy atom. The lowest BCUT2D eigenvalue weighted by Gasteiger charge is -2.30. The summed E-state index contributed by atoms with van der Waals surface area (Å²) in [6.45, 7) is 0.972. The maximum Gasteiger partial charge on any atom is 0.340 e. The van der Waals surface area contributed by atoms with E-state index in [0.717, 1.165) is 0 Å². The Balaban J connectivity index is 4.72. The minimum absolute atomic E-state index is 0.416. The number of carboxylic acids is 1. The SMILES string of the molecule is CSCC[C@H](N)C(=O)NCC(OP=O)(C(=O)O)C(C)N. The van der Waals surface area contributed by atoms with Crippen LogP contribution in [0.1, 0.15) is 13.3 Å². The van der Waals surface area contributed by atoms with Crippen LogP contribution in [0.2, 0.25) is 0 Å². The number of carbonyl (C=O) groups is 2. The number of hydrogen-bond acceptors (Lipinski definition) is 7. The third kappa shape index (κ3) is 5.34. The Morgan fingerprint density at radius 1 is 1.50 bits per heavy atom. The lowest BCUT2D eigenvalue weighted by molar-refractivity contribution is -0.156. The molecule has 6 N–H and O–H groups in total. The van der Waals surface area contributed by atoms with Crippen LogP contribution < -0.4 is 16.8 Å². The number of nitrogens with one attached hydrogen (secondary N) is 1. The van der Waals surface area contributed by atoms with Crippen LogP contribution in [0.3, 0.4) is 0 Å². The lowest BCUT2D eigenvalue weighted by Crippen LogP contribution is -2.60. The summed E-state index contributed by atoms with van der Waals surface area (Å²) < 4.78 is 15.3. The highest BCUT2D eigenvalue weighted by Crippen LogP contribution is 2.20. The van der Waals surface area contributed by atoms with E-state index in [0.29, 0.717) is 12.2 Å². The van der Waals surface area contributed by atoms with Crippen molar-refractivity contribution in [2.75, 3.05) is 18.6 Å². The third-order valence-corrected chi connectivity index (χ3v) is 3.84. The largest absolute Gasteiger partial charge is 0.479 e. The molecular formula is C10H20N3O5PS. The summed E-state index contributed by atoms with van der Waals surface area (Å²) in [5, 5.41) is 11.6. The minimum Gasteiger partial charge on any atom is -0.479 e. The quantitative estimate of drug-likeness (QED) is 0.396. The molecule has 10 heteroatoms. The summed E-state index contributed by atoms with van der Waals surface area (Å²) in [4.78, 5) is 23.0. The molecule has 0 bridgehead atoms. The van der Waals surface area contributed by atoms with Crippen molar-refractivity contribution in [2.45, 2.75) is 31.0 Å². The summed E-state index contributed by atoms with van der Waals surface area (Å²) in [5.74, 6) is -1.20. The van der Waals surface area contributed by atoms with E-state index in [1.807, 2.05) is 6.26 Å². The molecule has 0 fully saturated rings. The van der Waals surface area contributed by atoms with Gasteiger partial charge in [-0.05, 0) is 25.4 Å². The number of aliphatic carboxylic acids is 1. The second kappa shape index (κ2) is 9.25. The number of carbonyl (C=O) groups excluding carboxylic acids is 1. The molecule has 0 aromatic carbocycles. The highest BCUT2D eigenvalue weighted by atomic mass is 32.2. The van der Waals surface area contributed by atoms with Crippen molar-refractivity contribution < 1.29 is 23.8 Å². The average Bonchev–Trinajstić information content (AvgIpc) is 2.39. The van der Waals surface area contributed by atoms with Gasteiger partial charge in [0.05, 0.1) is 12.6 Å². The van der Waals surface area contributed by atoms with Crippen molar-refractivity contribution in [1.82, 2.24) is 5.32 Å². The molecule has 0 aliphatic heterocycles. The molecule has 3 atom stereocenters. The van der Waals surface area contributed by atoms with Crippen molar-refractivity contribution >= 4 is 32.3 Å². The predicted octanol–water partition coefficient (Wildman–Crippen LogP) is -0.423. The van der Waals surface area contributed by atoms with Gasteiger partial charge in [0.2, 0.25) is 11.5 Å². The minimum atomic E-state index is -1.96. The van der Waals surface area contributed by atoms with Gasteiger partial charge in [-0.25, -0.2) is 9.36 Å². The lowest BCUT2D eigenvalue weighted by atomic mass is 9.96. The fraction of sp³-hybridized carbons (Fsp3) is 0.800. The molecule has 0 rings (SSSR count). The van der Waals surface area contributed by atoms with E-state index in [9.17, 15) is 19.3 Å². The van der Waals surface area contributed by atoms with Crippen molar-refractivity contribution in [2.24, 2.45) is 11.5 Å². The molecule has 20 heavy (non-hydrogen) atoms. The van der Waals surface area contributed by atoms with Gasteiger partial charge >= 0.3 is 14.7 Å². The van der Waals surface area contributed by atoms with Gasteiger partial charge in [0.25, 0.3) is 0 Å². The topological polar surface area (TPSA) is 145 Å². The van der Waals surface area contributed by atoms with Crippen molar-refractivity contribution in [3.05, 3.63) is 0 Å². The number of carboxylic acid groups (broad SMARTS) is 1. The number of thioether (sulfide) groups is 1. The summed E-state index contributed by atoms with van der Waals surface area (Å²) in [6, 6.07) is -1.73. The van der Waals surface area contributed by atoms with Crippen molar-refractivity contribution in [3.8, 4) is 0 Å². The maximum absolute atomic E-state index is 11.7. The first kappa shape index (κ1) is 19.3. The van der Waals surface area contributed by atoms with E-state index in [2.05, 4.69) is 5.32 Å². The van der Waals surface area contributed by atoms with Gasteiger partial charge in [-0.1, -0.05) is 0 Å². The summed E-state index contributed by atoms with van der Waals surface area (Å²) in [6.07, 6.45) is 2.35. The Hall–Kier alpha value is -0.730. The molecule has 1 amide bonds. The first-order valence-corrected chi connectivity index (χ1v) is 7.96. The summed E-state index contributed by atoms with van der Waals surface area (Å²) >= 11 is 1.55. The van der Waals surface area contributed by atoms with Crippen LogP contribution in [0.15, 0.2) is 0 Å². The normalized spacial score (nSPS) is 17.2. The van der Waals surface area contributed by atoms with Crippen LogP contribution in [0.4, 0.5) is 0 Å². The van der Waals surface area contributed by atoms with Gasteiger partial charge in [0, 0.05) is 6.04 Å². The van der Waals surface area contributed by atoms with E-state index in [1.165, 1.54) is 6.92 Å². The number of hydrogen-bond donors (Lipinski definition) is 4. The van der Waals surface area contributed by atoms with Gasteiger partial charge < -0.3 is 21.9 Å². The Kier molecular flexibility index (Phi) is 8.91. The molecule has 0 aromatic heterocycles. The van der Waals surface area contributed by atoms with Gasteiger partial charge in [-0.3, -0.25) is 9.32 Å². The number of amides is 1. The molecule has 0 aromatic rings. The van der Waals surface area contributed by atoms with Crippen LogP contribution in [0, 0.1) is 0 Å². The average molecular weight is 325 g/mol. The molecule has 8 nitrogen and oxygen atoms in total. The Bertz CT molecular complexity index is 358. The molecule has 0 aliphatic carbocycles. The van der Waals surface area contributed by atoms with Crippen LogP contribution in [0.5, 0.6) is 0 Å². The fourth-order valence-electron chi connectivity index (χ4n) is 1.38. The molecule has 0 heterocycles. The first-order valence-electron chi connectivity index (χ1n) is 5.83. The zero-order valence-corrected chi connectivity index (χ0v) is 13.1. The second-order valence-corrected chi connectivity index (χ2v) is 5.57. The monoisotopic (exact) mass is 325 g/mol. The van der Waals surface area contributed by atoms with E-state index in [1.54, 1.807) is 11.8 Å². The van der Waals surface area contributed by atoms with Gasteiger partial charge in [0.15, 0.2) is 0 Å². The summed E-state index contributed by atoms with van der Waals surface area (Å²) in [5.41, 5.74) is 9.26. The van der Waals surface area contributed by atoms with E-state index >= 15 is 0 Å². The molecule has 0 aliphatic rings. The summed E-state index contributed by atoms with van der Waals surface area (Å²) in [7, 11) is -0.831. The van der Waals surface area contributed by atoms with Gasteiger partial charge in [-0.2, -0.15) is 11.8 Å². The molecule has 0 saturated heterocycles. The van der Waals surface area contributed by atoms with Gasteiger partial charge in [0.1, 0.15) is 0 Å². The molecule has 116 valence electrons. The first-order chi connectivity index (χ1) is 9.31. The zero-order chi connectivity index (χ0) is 15.8. The number of nitrogens with two attached hydrogens (primary N) is 2. The van der Waals surface area contributed by atoms with Crippen LogP contribution in [-0.2, 0) is 18.7 Å². The molecular weight excluding hydrogens is 305 g/mol. The van der Waals surface area contributed by atoms with Crippen molar-refractivity contribution in [1.29, 1.82) is 0 Å². The van der Waals surface area contributed by atoms with Crippen LogP contribution >= 0.6 is 20.4 Å². The van der Waals surface area contributed by atoms with Crippen molar-refractivity contribution in [3.63, 3.8) is 0 Å². The maximum atomic E-state index is 11.7. The highest BCUT2D eigenvalue weighted by Gasteiger charge is 2.45. The third-order valence-electron chi connectivity index (χ3n) is 2.79. The molecule has 0 saturated carbocycles. The molecule has 2 unspecified atom stereocenters. The molecule has 0 radical (unpaired) electrons. The molecule has 0 spiro atoms.